The molecular weight excluding hydrogens is 226 g/mol. The second-order valence-corrected chi connectivity index (χ2v) is 3.33. The zero-order valence-electron chi connectivity index (χ0n) is 8.26. The molecule has 0 unspecified atom stereocenters. The molecule has 0 bridgehead atoms. The van der Waals surface area contributed by atoms with Gasteiger partial charge in [-0.3, -0.25) is 0 Å². The van der Waals surface area contributed by atoms with E-state index in [0.717, 1.165) is 6.07 Å². The Labute approximate surface area is 89.7 Å². The van der Waals surface area contributed by atoms with Crippen molar-refractivity contribution in [2.45, 2.75) is 18.7 Å². The number of nitrogens with two attached hydrogens (primary N) is 1. The minimum atomic E-state index is -4.76. The molecule has 6 heteroatoms. The normalized spacial score (nSPS) is 13.9. The van der Waals surface area contributed by atoms with Gasteiger partial charge >= 0.3 is 6.18 Å². The Balaban J connectivity index is 3.07. The Hall–Kier alpha value is -1.14. The minimum absolute atomic E-state index is 0.0131. The minimum Gasteiger partial charge on any atom is -0.388 e. The van der Waals surface area contributed by atoms with Gasteiger partial charge in [-0.15, -0.1) is 0 Å². The van der Waals surface area contributed by atoms with Crippen molar-refractivity contribution in [2.75, 3.05) is 6.54 Å². The van der Waals surface area contributed by atoms with Gasteiger partial charge in [-0.2, -0.15) is 13.2 Å². The van der Waals surface area contributed by atoms with Gasteiger partial charge in [-0.1, -0.05) is 6.07 Å². The summed E-state index contributed by atoms with van der Waals surface area (Å²) in [6.07, 6.45) is -5.74. The molecule has 1 rings (SSSR count). The van der Waals surface area contributed by atoms with E-state index >= 15 is 0 Å². The number of benzene rings is 1. The number of halogens is 4. The maximum atomic E-state index is 12.9. The predicted octanol–water partition coefficient (Wildman–Crippen LogP) is 2.23. The van der Waals surface area contributed by atoms with Crippen LogP contribution in [-0.4, -0.2) is 11.7 Å². The largest absolute Gasteiger partial charge is 0.419 e. The molecule has 0 aromatic heterocycles. The highest BCUT2D eigenvalue weighted by atomic mass is 19.4. The quantitative estimate of drug-likeness (QED) is 0.792. The average Bonchev–Trinajstić information content (AvgIpc) is 2.16. The highest BCUT2D eigenvalue weighted by Gasteiger charge is 2.34. The van der Waals surface area contributed by atoms with Gasteiger partial charge in [0.05, 0.1) is 11.7 Å². The van der Waals surface area contributed by atoms with Crippen LogP contribution in [0.15, 0.2) is 18.2 Å². The molecule has 0 aliphatic carbocycles. The summed E-state index contributed by atoms with van der Waals surface area (Å²) in [6.45, 7) is 0.139. The molecule has 0 aliphatic heterocycles. The van der Waals surface area contributed by atoms with Crippen molar-refractivity contribution < 1.29 is 22.7 Å². The lowest BCUT2D eigenvalue weighted by Crippen LogP contribution is -2.11. The third kappa shape index (κ3) is 2.93. The van der Waals surface area contributed by atoms with E-state index in [2.05, 4.69) is 0 Å². The fourth-order valence-electron chi connectivity index (χ4n) is 1.29. The SMILES string of the molecule is NCC[C@@H](O)c1ccc(F)c(C(F)(F)F)c1. The van der Waals surface area contributed by atoms with Gasteiger partial charge in [0.2, 0.25) is 0 Å². The molecule has 0 spiro atoms. The van der Waals surface area contributed by atoms with Crippen LogP contribution >= 0.6 is 0 Å². The Morgan fingerprint density at radius 2 is 1.94 bits per heavy atom. The standard InChI is InChI=1S/C10H11F4NO/c11-8-2-1-6(9(16)3-4-15)5-7(8)10(12,13)14/h1-2,5,9,16H,3-4,15H2/t9-/m1/s1. The maximum absolute atomic E-state index is 12.9. The first-order valence-corrected chi connectivity index (χ1v) is 4.61. The van der Waals surface area contributed by atoms with E-state index in [0.29, 0.717) is 12.1 Å². The first-order valence-electron chi connectivity index (χ1n) is 4.61. The summed E-state index contributed by atoms with van der Waals surface area (Å²) in [4.78, 5) is 0. The highest BCUT2D eigenvalue weighted by Crippen LogP contribution is 2.33. The van der Waals surface area contributed by atoms with Crippen LogP contribution in [0.25, 0.3) is 0 Å². The maximum Gasteiger partial charge on any atom is 0.419 e. The van der Waals surface area contributed by atoms with Crippen molar-refractivity contribution in [3.63, 3.8) is 0 Å². The summed E-state index contributed by atoms with van der Waals surface area (Å²) >= 11 is 0. The van der Waals surface area contributed by atoms with Crippen LogP contribution in [0.2, 0.25) is 0 Å². The molecule has 0 radical (unpaired) electrons. The van der Waals surface area contributed by atoms with Crippen LogP contribution < -0.4 is 5.73 Å². The van der Waals surface area contributed by atoms with Gasteiger partial charge in [-0.05, 0) is 30.7 Å². The summed E-state index contributed by atoms with van der Waals surface area (Å²) in [5, 5.41) is 9.43. The number of hydrogen-bond acceptors (Lipinski definition) is 2. The number of aliphatic hydroxyl groups excluding tert-OH is 1. The molecule has 0 fully saturated rings. The molecule has 0 heterocycles. The molecule has 3 N–H and O–H groups in total. The molecule has 1 aromatic rings. The van der Waals surface area contributed by atoms with Crippen molar-refractivity contribution in [1.82, 2.24) is 0 Å². The lowest BCUT2D eigenvalue weighted by Gasteiger charge is -2.13. The lowest BCUT2D eigenvalue weighted by atomic mass is 10.0. The summed E-state index contributed by atoms with van der Waals surface area (Å²) in [6, 6.07) is 2.42. The second-order valence-electron chi connectivity index (χ2n) is 3.33. The fraction of sp³-hybridized carbons (Fsp3) is 0.400. The van der Waals surface area contributed by atoms with Crippen LogP contribution in [-0.2, 0) is 6.18 Å². The third-order valence-corrected chi connectivity index (χ3v) is 2.12. The van der Waals surface area contributed by atoms with E-state index in [1.54, 1.807) is 0 Å². The van der Waals surface area contributed by atoms with Gasteiger partial charge in [0.1, 0.15) is 5.82 Å². The van der Waals surface area contributed by atoms with Gasteiger partial charge in [0.15, 0.2) is 0 Å². The zero-order chi connectivity index (χ0) is 12.3. The predicted molar refractivity (Wildman–Crippen MR) is 50.0 cm³/mol. The molecule has 0 saturated heterocycles. The molecule has 0 aliphatic rings. The van der Waals surface area contributed by atoms with Gasteiger partial charge in [0, 0.05) is 0 Å². The highest BCUT2D eigenvalue weighted by molar-refractivity contribution is 5.28. The first kappa shape index (κ1) is 12.9. The number of rotatable bonds is 3. The van der Waals surface area contributed by atoms with Crippen molar-refractivity contribution in [3.05, 3.63) is 35.1 Å². The molecular formula is C10H11F4NO. The van der Waals surface area contributed by atoms with E-state index in [-0.39, 0.29) is 18.5 Å². The van der Waals surface area contributed by atoms with Crippen molar-refractivity contribution in [2.24, 2.45) is 5.73 Å². The smallest absolute Gasteiger partial charge is 0.388 e. The Morgan fingerprint density at radius 3 is 2.44 bits per heavy atom. The van der Waals surface area contributed by atoms with Crippen LogP contribution in [0.1, 0.15) is 23.7 Å². The van der Waals surface area contributed by atoms with Gasteiger partial charge < -0.3 is 10.8 Å². The van der Waals surface area contributed by atoms with Crippen molar-refractivity contribution in [1.29, 1.82) is 0 Å². The van der Waals surface area contributed by atoms with E-state index in [1.165, 1.54) is 0 Å². The number of alkyl halides is 3. The first-order chi connectivity index (χ1) is 7.36. The molecule has 0 amide bonds. The summed E-state index contributed by atoms with van der Waals surface area (Å²) < 4.78 is 49.9. The third-order valence-electron chi connectivity index (χ3n) is 2.12. The monoisotopic (exact) mass is 237 g/mol. The van der Waals surface area contributed by atoms with Crippen LogP contribution in [0, 0.1) is 5.82 Å². The van der Waals surface area contributed by atoms with Crippen molar-refractivity contribution >= 4 is 0 Å². The molecule has 1 aromatic carbocycles. The van der Waals surface area contributed by atoms with Gasteiger partial charge in [-0.25, -0.2) is 4.39 Å². The Bertz CT molecular complexity index is 364. The summed E-state index contributed by atoms with van der Waals surface area (Å²) in [7, 11) is 0. The Morgan fingerprint density at radius 1 is 1.31 bits per heavy atom. The average molecular weight is 237 g/mol. The lowest BCUT2D eigenvalue weighted by molar-refractivity contribution is -0.140. The molecule has 1 atom stereocenters. The molecule has 16 heavy (non-hydrogen) atoms. The number of aliphatic hydroxyl groups is 1. The van der Waals surface area contributed by atoms with E-state index in [9.17, 15) is 22.7 Å². The Kier molecular flexibility index (Phi) is 3.88. The fourth-order valence-corrected chi connectivity index (χ4v) is 1.29. The van der Waals surface area contributed by atoms with E-state index in [4.69, 9.17) is 5.73 Å². The van der Waals surface area contributed by atoms with Gasteiger partial charge in [0.25, 0.3) is 0 Å². The van der Waals surface area contributed by atoms with Crippen LogP contribution in [0.4, 0.5) is 17.6 Å². The summed E-state index contributed by atoms with van der Waals surface area (Å²) in [5.74, 6) is -1.35. The zero-order valence-corrected chi connectivity index (χ0v) is 8.26. The second kappa shape index (κ2) is 4.80. The summed E-state index contributed by atoms with van der Waals surface area (Å²) in [5.41, 5.74) is 3.80. The topological polar surface area (TPSA) is 46.2 Å². The van der Waals surface area contributed by atoms with Crippen molar-refractivity contribution in [3.8, 4) is 0 Å². The number of hydrogen-bond donors (Lipinski definition) is 2. The molecule has 0 saturated carbocycles. The molecule has 2 nitrogen and oxygen atoms in total. The van der Waals surface area contributed by atoms with E-state index < -0.39 is 23.7 Å². The van der Waals surface area contributed by atoms with Crippen LogP contribution in [0.3, 0.4) is 0 Å². The van der Waals surface area contributed by atoms with E-state index in [1.807, 2.05) is 0 Å². The van der Waals surface area contributed by atoms with Crippen LogP contribution in [0.5, 0.6) is 0 Å². The molecule has 90 valence electrons.